The van der Waals surface area contributed by atoms with Crippen LogP contribution in [0.3, 0.4) is 0 Å². The number of nitrogens with zero attached hydrogens (tertiary/aromatic N) is 2. The van der Waals surface area contributed by atoms with Gasteiger partial charge in [-0.2, -0.15) is 0 Å². The topological polar surface area (TPSA) is 87.6 Å². The third kappa shape index (κ3) is 3.84. The van der Waals surface area contributed by atoms with Crippen molar-refractivity contribution in [1.29, 1.82) is 0 Å². The fourth-order valence-electron chi connectivity index (χ4n) is 1.61. The highest BCUT2D eigenvalue weighted by atomic mass is 32.2. The third-order valence-corrected chi connectivity index (χ3v) is 4.36. The summed E-state index contributed by atoms with van der Waals surface area (Å²) in [6.45, 7) is 1.98. The lowest BCUT2D eigenvalue weighted by atomic mass is 10.1. The molecular weight excluding hydrogens is 264 g/mol. The minimum absolute atomic E-state index is 0.0494. The fourth-order valence-corrected chi connectivity index (χ4v) is 2.86. The summed E-state index contributed by atoms with van der Waals surface area (Å²) in [6.07, 6.45) is 2.40. The molecule has 19 heavy (non-hydrogen) atoms. The van der Waals surface area contributed by atoms with Gasteiger partial charge >= 0.3 is 5.04 Å². The van der Waals surface area contributed by atoms with Crippen molar-refractivity contribution in [1.82, 2.24) is 0 Å². The third-order valence-electron chi connectivity index (χ3n) is 2.64. The molecule has 0 heterocycles. The predicted octanol–water partition coefficient (Wildman–Crippen LogP) is 2.24. The van der Waals surface area contributed by atoms with Crippen LogP contribution in [0.5, 0.6) is 0 Å². The number of rotatable bonds is 6. The molecule has 0 N–H and O–H groups in total. The first-order chi connectivity index (χ1) is 9.04. The summed E-state index contributed by atoms with van der Waals surface area (Å²) in [5, 5.41) is -0.783. The molecule has 0 saturated carbocycles. The first-order valence-corrected chi connectivity index (χ1v) is 7.57. The second-order valence-electron chi connectivity index (χ2n) is 4.10. The monoisotopic (exact) mass is 280 g/mol. The van der Waals surface area contributed by atoms with E-state index in [1.807, 2.05) is 6.92 Å². The van der Waals surface area contributed by atoms with E-state index >= 15 is 0 Å². The normalized spacial score (nSPS) is 10.8. The molecule has 0 fully saturated rings. The van der Waals surface area contributed by atoms with Crippen LogP contribution in [0.1, 0.15) is 32.6 Å². The lowest BCUT2D eigenvalue weighted by molar-refractivity contribution is -0.116. The van der Waals surface area contributed by atoms with Crippen molar-refractivity contribution in [3.05, 3.63) is 35.9 Å². The van der Waals surface area contributed by atoms with E-state index in [1.54, 1.807) is 18.2 Å². The Morgan fingerprint density at radius 3 is 2.37 bits per heavy atom. The lowest BCUT2D eigenvalue weighted by Gasteiger charge is -1.99. The molecule has 0 radical (unpaired) electrons. The maximum absolute atomic E-state index is 12.1. The zero-order valence-corrected chi connectivity index (χ0v) is 11.6. The number of ketones is 1. The maximum Gasteiger partial charge on any atom is 0.451 e. The van der Waals surface area contributed by atoms with Crippen LogP contribution >= 0.6 is 0 Å². The number of unbranched alkanes of at least 4 members (excludes halogenated alkanes) is 2. The summed E-state index contributed by atoms with van der Waals surface area (Å²) in [4.78, 5) is 14.4. The number of sulfone groups is 1. The zero-order chi connectivity index (χ0) is 14.3. The van der Waals surface area contributed by atoms with Crippen molar-refractivity contribution in [2.75, 3.05) is 0 Å². The van der Waals surface area contributed by atoms with Gasteiger partial charge in [0.2, 0.25) is 0 Å². The van der Waals surface area contributed by atoms with Gasteiger partial charge in [0, 0.05) is 6.42 Å². The molecule has 0 aliphatic heterocycles. The van der Waals surface area contributed by atoms with Gasteiger partial charge in [-0.3, -0.25) is 4.79 Å². The Balaban J connectivity index is 2.99. The highest BCUT2D eigenvalue weighted by molar-refractivity contribution is 8.08. The van der Waals surface area contributed by atoms with Crippen molar-refractivity contribution >= 4 is 20.7 Å². The summed E-state index contributed by atoms with van der Waals surface area (Å²) in [6, 6.07) is 7.48. The number of carbonyl (C=O) groups excluding carboxylic acids is 1. The van der Waals surface area contributed by atoms with Crippen LogP contribution < -0.4 is 0 Å². The van der Waals surface area contributed by atoms with Crippen LogP contribution in [0.4, 0.5) is 0 Å². The summed E-state index contributed by atoms with van der Waals surface area (Å²) >= 11 is 0. The van der Waals surface area contributed by atoms with Gasteiger partial charge < -0.3 is 5.53 Å². The molecule has 102 valence electrons. The molecule has 0 aliphatic rings. The molecular formula is C13H16N2O3S. The Labute approximate surface area is 112 Å². The Morgan fingerprint density at radius 1 is 1.21 bits per heavy atom. The zero-order valence-electron chi connectivity index (χ0n) is 10.7. The van der Waals surface area contributed by atoms with Gasteiger partial charge in [-0.1, -0.05) is 38.0 Å². The molecule has 6 heteroatoms. The van der Waals surface area contributed by atoms with Crippen LogP contribution in [-0.4, -0.2) is 24.0 Å². The quantitative estimate of drug-likeness (QED) is 0.263. The predicted molar refractivity (Wildman–Crippen MR) is 71.4 cm³/mol. The van der Waals surface area contributed by atoms with Crippen LogP contribution in [0, 0.1) is 0 Å². The van der Waals surface area contributed by atoms with Gasteiger partial charge in [0.1, 0.15) is 0 Å². The molecule has 0 saturated heterocycles. The van der Waals surface area contributed by atoms with Crippen molar-refractivity contribution in [2.24, 2.45) is 0 Å². The molecule has 0 amide bonds. The molecule has 1 aromatic carbocycles. The second kappa shape index (κ2) is 6.97. The molecule has 5 nitrogen and oxygen atoms in total. The minimum atomic E-state index is -4.04. The number of Topliss-reactive ketones (excluding diaryl/α,β-unsaturated/α-hetero) is 1. The van der Waals surface area contributed by atoms with E-state index in [0.29, 0.717) is 6.42 Å². The molecule has 1 rings (SSSR count). The molecule has 0 bridgehead atoms. The molecule has 0 atom stereocenters. The van der Waals surface area contributed by atoms with Gasteiger partial charge in [0.25, 0.3) is 15.6 Å². The van der Waals surface area contributed by atoms with Crippen LogP contribution in [-0.2, 0) is 14.6 Å². The fraction of sp³-hybridized carbons (Fsp3) is 0.385. The first kappa shape index (κ1) is 15.3. The van der Waals surface area contributed by atoms with E-state index < -0.39 is 20.7 Å². The van der Waals surface area contributed by atoms with Crippen molar-refractivity contribution in [3.63, 3.8) is 0 Å². The van der Waals surface area contributed by atoms with Crippen LogP contribution in [0.15, 0.2) is 35.2 Å². The van der Waals surface area contributed by atoms with Gasteiger partial charge in [-0.25, -0.2) is 8.42 Å². The number of carbonyl (C=O) groups is 1. The lowest BCUT2D eigenvalue weighted by Crippen LogP contribution is -2.25. The molecule has 1 aromatic rings. The molecule has 0 spiro atoms. The van der Waals surface area contributed by atoms with Gasteiger partial charge in [-0.05, 0) is 18.6 Å². The van der Waals surface area contributed by atoms with Crippen molar-refractivity contribution in [2.45, 2.75) is 37.5 Å². The van der Waals surface area contributed by atoms with Gasteiger partial charge in [0.15, 0.2) is 0 Å². The van der Waals surface area contributed by atoms with Crippen molar-refractivity contribution < 1.29 is 18.0 Å². The number of benzene rings is 1. The Morgan fingerprint density at radius 2 is 1.84 bits per heavy atom. The summed E-state index contributed by atoms with van der Waals surface area (Å²) in [7, 11) is -4.04. The largest absolute Gasteiger partial charge is 0.451 e. The maximum atomic E-state index is 12.1. The summed E-state index contributed by atoms with van der Waals surface area (Å²) < 4.78 is 24.3. The van der Waals surface area contributed by atoms with E-state index in [4.69, 9.17) is 5.53 Å². The molecule has 0 unspecified atom stereocenters. The number of hydrogen-bond donors (Lipinski definition) is 0. The number of hydrogen-bond acceptors (Lipinski definition) is 3. The Hall–Kier alpha value is -1.78. The average Bonchev–Trinajstić information content (AvgIpc) is 2.40. The first-order valence-electron chi connectivity index (χ1n) is 6.09. The van der Waals surface area contributed by atoms with E-state index in [1.165, 1.54) is 12.1 Å². The second-order valence-corrected chi connectivity index (χ2v) is 5.97. The van der Waals surface area contributed by atoms with E-state index in [0.717, 1.165) is 12.8 Å². The van der Waals surface area contributed by atoms with Gasteiger partial charge in [0.05, 0.1) is 4.90 Å². The molecule has 0 aliphatic carbocycles. The van der Waals surface area contributed by atoms with Crippen LogP contribution in [0.25, 0.3) is 5.53 Å². The standard InChI is InChI=1S/C13H16N2O3S/c1-2-3-5-10-12(16)13(15-14)19(17,18)11-8-6-4-7-9-11/h4,6-9H,2-3,5,10H2,1H3. The van der Waals surface area contributed by atoms with E-state index in [2.05, 4.69) is 4.79 Å². The van der Waals surface area contributed by atoms with Gasteiger partial charge in [-0.15, -0.1) is 4.79 Å². The smallest absolute Gasteiger partial charge is 0.360 e. The van der Waals surface area contributed by atoms with E-state index in [-0.39, 0.29) is 11.3 Å². The van der Waals surface area contributed by atoms with E-state index in [9.17, 15) is 13.2 Å². The SMILES string of the molecule is CCCCCC(=O)C(=[N+]=[N-])S(=O)(=O)c1ccccc1. The average molecular weight is 280 g/mol. The Kier molecular flexibility index (Phi) is 5.60. The van der Waals surface area contributed by atoms with Crippen LogP contribution in [0.2, 0.25) is 0 Å². The minimum Gasteiger partial charge on any atom is -0.360 e. The van der Waals surface area contributed by atoms with Crippen molar-refractivity contribution in [3.8, 4) is 0 Å². The highest BCUT2D eigenvalue weighted by Crippen LogP contribution is 2.13. The Bertz CT molecular complexity index is 588. The summed E-state index contributed by atoms with van der Waals surface area (Å²) in [5.41, 5.74) is 8.84. The molecule has 0 aromatic heterocycles. The highest BCUT2D eigenvalue weighted by Gasteiger charge is 2.36. The summed E-state index contributed by atoms with van der Waals surface area (Å²) in [5.74, 6) is -0.653.